The number of aryl methyl sites for hydroxylation is 2. The maximum atomic E-state index is 9.99. The predicted octanol–water partition coefficient (Wildman–Crippen LogP) is 3.01. The Morgan fingerprint density at radius 1 is 1.36 bits per heavy atom. The number of hydrogen-bond acceptors (Lipinski definition) is 4. The van der Waals surface area contributed by atoms with Crippen molar-refractivity contribution in [1.29, 1.82) is 0 Å². The monoisotopic (exact) mass is 207 g/mol. The highest BCUT2D eigenvalue weighted by molar-refractivity contribution is 7.22. The van der Waals surface area contributed by atoms with Gasteiger partial charge in [-0.2, -0.15) is 0 Å². The van der Waals surface area contributed by atoms with Gasteiger partial charge in [0.1, 0.15) is 0 Å². The maximum absolute atomic E-state index is 9.99. The normalized spacial score (nSPS) is 10.4. The summed E-state index contributed by atoms with van der Waals surface area (Å²) in [6.45, 7) is 4.10. The lowest BCUT2D eigenvalue weighted by Gasteiger charge is -1.96. The molecule has 0 aliphatic heterocycles. The van der Waals surface area contributed by atoms with Crippen molar-refractivity contribution in [2.24, 2.45) is 5.29 Å². The van der Waals surface area contributed by atoms with Crippen LogP contribution in [0.25, 0.3) is 10.2 Å². The lowest BCUT2D eigenvalue weighted by atomic mass is 10.1. The molecule has 1 aromatic carbocycles. The summed E-state index contributed by atoms with van der Waals surface area (Å²) in [5.74, 6) is 0. The Kier molecular flexibility index (Phi) is 2.17. The van der Waals surface area contributed by atoms with E-state index in [2.05, 4.69) is 28.7 Å². The molecule has 1 aromatic heterocycles. The van der Waals surface area contributed by atoms with Crippen LogP contribution in [0.4, 0.5) is 5.13 Å². The third-order valence-electron chi connectivity index (χ3n) is 2.15. The van der Waals surface area contributed by atoms with E-state index in [4.69, 9.17) is 0 Å². The van der Waals surface area contributed by atoms with Crippen LogP contribution in [-0.2, 0) is 0 Å². The molecule has 0 aliphatic carbocycles. The highest BCUT2D eigenvalue weighted by atomic mass is 32.1. The number of nitrogens with zero attached hydrogens (tertiary/aromatic N) is 2. The van der Waals surface area contributed by atoms with Gasteiger partial charge in [-0.05, 0) is 37.1 Å². The van der Waals surface area contributed by atoms with E-state index in [1.807, 2.05) is 13.0 Å². The average Bonchev–Trinajstić information content (AvgIpc) is 2.48. The number of benzene rings is 1. The number of fused-ring (bicyclic) bond motifs is 1. The Morgan fingerprint density at radius 3 is 2.79 bits per heavy atom. The molecule has 0 spiro atoms. The summed E-state index contributed by atoms with van der Waals surface area (Å²) in [5.41, 5.74) is 5.65. The molecule has 0 radical (unpaired) electrons. The number of aromatic nitrogens is 1. The zero-order valence-electron chi connectivity index (χ0n) is 7.87. The van der Waals surface area contributed by atoms with Gasteiger partial charge in [-0.15, -0.1) is 4.91 Å². The van der Waals surface area contributed by atoms with E-state index in [9.17, 15) is 4.91 Å². The summed E-state index contributed by atoms with van der Waals surface area (Å²) in [6, 6.07) is 4.08. The second kappa shape index (κ2) is 3.34. The molecule has 2 aromatic rings. The molecule has 0 aliphatic rings. The minimum absolute atomic E-state index is 0.542. The van der Waals surface area contributed by atoms with Gasteiger partial charge in [0.25, 0.3) is 0 Å². The molecule has 1 N–H and O–H groups in total. The van der Waals surface area contributed by atoms with Crippen LogP contribution in [0.1, 0.15) is 11.1 Å². The van der Waals surface area contributed by atoms with E-state index in [1.54, 1.807) is 0 Å². The molecule has 4 nitrogen and oxygen atoms in total. The standard InChI is InChI=1S/C9H9N3OS/c1-5-3-7-8(4-6(5)2)14-9(10-7)11-12-13/h3-4H,1-2H3,(H,10,11,13). The van der Waals surface area contributed by atoms with Crippen LogP contribution in [-0.4, -0.2) is 4.98 Å². The minimum Gasteiger partial charge on any atom is -0.219 e. The number of nitrogens with one attached hydrogen (secondary N) is 1. The molecule has 0 atom stereocenters. The summed E-state index contributed by atoms with van der Waals surface area (Å²) in [4.78, 5) is 14.2. The van der Waals surface area contributed by atoms with Gasteiger partial charge in [-0.3, -0.25) is 0 Å². The van der Waals surface area contributed by atoms with Gasteiger partial charge in [0.15, 0.2) is 0 Å². The van der Waals surface area contributed by atoms with Crippen LogP contribution in [0.3, 0.4) is 0 Å². The van der Waals surface area contributed by atoms with Crippen molar-refractivity contribution in [2.75, 3.05) is 5.43 Å². The molecule has 72 valence electrons. The van der Waals surface area contributed by atoms with Gasteiger partial charge in [-0.25, -0.2) is 10.4 Å². The van der Waals surface area contributed by atoms with Crippen molar-refractivity contribution < 1.29 is 0 Å². The molecule has 1 heterocycles. The summed E-state index contributed by atoms with van der Waals surface area (Å²) < 4.78 is 1.07. The molecule has 0 amide bonds. The van der Waals surface area contributed by atoms with Crippen LogP contribution in [0.2, 0.25) is 0 Å². The van der Waals surface area contributed by atoms with Crippen LogP contribution in [0, 0.1) is 18.8 Å². The first kappa shape index (κ1) is 9.08. The van der Waals surface area contributed by atoms with E-state index in [1.165, 1.54) is 22.5 Å². The highest BCUT2D eigenvalue weighted by Crippen LogP contribution is 2.28. The lowest BCUT2D eigenvalue weighted by molar-refractivity contribution is 1.28. The third kappa shape index (κ3) is 1.46. The minimum atomic E-state index is 0.542. The van der Waals surface area contributed by atoms with Crippen LogP contribution in [0.5, 0.6) is 0 Å². The second-order valence-electron chi connectivity index (χ2n) is 3.13. The Balaban J connectivity index is 2.59. The lowest BCUT2D eigenvalue weighted by Crippen LogP contribution is -1.83. The number of rotatable bonds is 2. The molecule has 14 heavy (non-hydrogen) atoms. The number of anilines is 1. The van der Waals surface area contributed by atoms with Crippen molar-refractivity contribution in [1.82, 2.24) is 4.98 Å². The molecular weight excluding hydrogens is 198 g/mol. The first-order valence-electron chi connectivity index (χ1n) is 4.17. The first-order valence-corrected chi connectivity index (χ1v) is 4.98. The smallest absolute Gasteiger partial charge is 0.207 e. The van der Waals surface area contributed by atoms with E-state index >= 15 is 0 Å². The summed E-state index contributed by atoms with van der Waals surface area (Å²) in [7, 11) is 0. The van der Waals surface area contributed by atoms with Gasteiger partial charge in [0.05, 0.1) is 15.5 Å². The molecule has 0 fully saturated rings. The van der Waals surface area contributed by atoms with Gasteiger partial charge in [0, 0.05) is 0 Å². The fourth-order valence-electron chi connectivity index (χ4n) is 1.27. The molecule has 0 unspecified atom stereocenters. The third-order valence-corrected chi connectivity index (χ3v) is 3.07. The number of nitroso groups, excluding NO2 is 1. The van der Waals surface area contributed by atoms with Crippen molar-refractivity contribution in [3.63, 3.8) is 0 Å². The quantitative estimate of drug-likeness (QED) is 0.608. The maximum Gasteiger partial charge on any atom is 0.207 e. The van der Waals surface area contributed by atoms with Gasteiger partial charge >= 0.3 is 0 Å². The van der Waals surface area contributed by atoms with Gasteiger partial charge in [-0.1, -0.05) is 11.3 Å². The van der Waals surface area contributed by atoms with E-state index in [0.29, 0.717) is 5.13 Å². The van der Waals surface area contributed by atoms with E-state index in [0.717, 1.165) is 10.2 Å². The van der Waals surface area contributed by atoms with Crippen molar-refractivity contribution in [3.05, 3.63) is 28.2 Å². The van der Waals surface area contributed by atoms with Crippen LogP contribution < -0.4 is 5.43 Å². The fraction of sp³-hybridized carbons (Fsp3) is 0.222. The van der Waals surface area contributed by atoms with E-state index < -0.39 is 0 Å². The second-order valence-corrected chi connectivity index (χ2v) is 4.16. The highest BCUT2D eigenvalue weighted by Gasteiger charge is 2.04. The molecular formula is C9H9N3OS. The average molecular weight is 207 g/mol. The Labute approximate surface area is 84.9 Å². The van der Waals surface area contributed by atoms with Crippen molar-refractivity contribution in [3.8, 4) is 0 Å². The van der Waals surface area contributed by atoms with E-state index in [-0.39, 0.29) is 0 Å². The van der Waals surface area contributed by atoms with Crippen molar-refractivity contribution >= 4 is 26.7 Å². The molecule has 0 saturated heterocycles. The predicted molar refractivity (Wildman–Crippen MR) is 58.5 cm³/mol. The zero-order valence-corrected chi connectivity index (χ0v) is 8.68. The van der Waals surface area contributed by atoms with Crippen LogP contribution >= 0.6 is 11.3 Å². The molecule has 2 rings (SSSR count). The summed E-state index contributed by atoms with van der Waals surface area (Å²) in [6.07, 6.45) is 0. The van der Waals surface area contributed by atoms with Crippen LogP contribution in [0.15, 0.2) is 17.4 Å². The largest absolute Gasteiger partial charge is 0.219 e. The topological polar surface area (TPSA) is 54.4 Å². The van der Waals surface area contributed by atoms with Crippen molar-refractivity contribution in [2.45, 2.75) is 13.8 Å². The fourth-order valence-corrected chi connectivity index (χ4v) is 2.15. The zero-order chi connectivity index (χ0) is 10.1. The first-order chi connectivity index (χ1) is 6.70. The Bertz CT molecular complexity index is 453. The number of hydrogen-bond donors (Lipinski definition) is 1. The Morgan fingerprint density at radius 2 is 2.07 bits per heavy atom. The van der Waals surface area contributed by atoms with Gasteiger partial charge < -0.3 is 0 Å². The van der Waals surface area contributed by atoms with Gasteiger partial charge in [0.2, 0.25) is 5.13 Å². The molecule has 5 heteroatoms. The molecule has 0 saturated carbocycles. The Hall–Kier alpha value is -1.49. The SMILES string of the molecule is Cc1cc2nc(NN=O)sc2cc1C. The summed E-state index contributed by atoms with van der Waals surface area (Å²) in [5, 5.41) is 3.14. The summed E-state index contributed by atoms with van der Waals surface area (Å²) >= 11 is 1.43. The molecule has 0 bridgehead atoms. The number of thiazole rings is 1.